The van der Waals surface area contributed by atoms with E-state index in [0.29, 0.717) is 6.42 Å². The fourth-order valence-corrected chi connectivity index (χ4v) is 4.73. The lowest BCUT2D eigenvalue weighted by Crippen LogP contribution is -2.60. The van der Waals surface area contributed by atoms with E-state index >= 15 is 0 Å². The van der Waals surface area contributed by atoms with Crippen LogP contribution in [0.5, 0.6) is 0 Å². The molecule has 0 amide bonds. The Kier molecular flexibility index (Phi) is 4.25. The molecule has 2 aromatic carbocycles. The van der Waals surface area contributed by atoms with Crippen molar-refractivity contribution >= 4 is 10.0 Å². The van der Waals surface area contributed by atoms with Gasteiger partial charge >= 0.3 is 0 Å². The van der Waals surface area contributed by atoms with Crippen LogP contribution < -0.4 is 0 Å². The van der Waals surface area contributed by atoms with Crippen LogP contribution in [0.3, 0.4) is 0 Å². The quantitative estimate of drug-likeness (QED) is 0.811. The highest BCUT2D eigenvalue weighted by Crippen LogP contribution is 2.46. The van der Waals surface area contributed by atoms with Crippen LogP contribution in [0.15, 0.2) is 60.7 Å². The summed E-state index contributed by atoms with van der Waals surface area (Å²) in [4.78, 5) is 0. The summed E-state index contributed by atoms with van der Waals surface area (Å²) in [5.74, 6) is 2.70. The van der Waals surface area contributed by atoms with Gasteiger partial charge in [0.25, 0.3) is 0 Å². The first kappa shape index (κ1) is 15.8. The fourth-order valence-electron chi connectivity index (χ4n) is 3.36. The third kappa shape index (κ3) is 3.03. The molecule has 1 heterocycles. The molecule has 0 aromatic heterocycles. The summed E-state index contributed by atoms with van der Waals surface area (Å²) < 4.78 is 26.2. The molecule has 0 bridgehead atoms. The second-order valence-electron chi connectivity index (χ2n) is 5.90. The average molecular weight is 325 g/mol. The summed E-state index contributed by atoms with van der Waals surface area (Å²) >= 11 is 0. The number of nitrogens with zero attached hydrogens (tertiary/aromatic N) is 1. The number of rotatable bonds is 4. The highest BCUT2D eigenvalue weighted by atomic mass is 32.2. The maximum Gasteiger partial charge on any atom is 0.212 e. The Balaban J connectivity index is 1.95. The van der Waals surface area contributed by atoms with Gasteiger partial charge in [-0.2, -0.15) is 4.31 Å². The minimum absolute atomic E-state index is 0.118. The van der Waals surface area contributed by atoms with Crippen molar-refractivity contribution in [2.24, 2.45) is 5.92 Å². The molecule has 1 fully saturated rings. The Morgan fingerprint density at radius 1 is 1.04 bits per heavy atom. The molecule has 0 aliphatic carbocycles. The van der Waals surface area contributed by atoms with Crippen molar-refractivity contribution in [1.82, 2.24) is 4.31 Å². The van der Waals surface area contributed by atoms with Gasteiger partial charge in [-0.05, 0) is 17.5 Å². The van der Waals surface area contributed by atoms with Crippen LogP contribution in [0.4, 0.5) is 0 Å². The Morgan fingerprint density at radius 2 is 1.61 bits per heavy atom. The van der Waals surface area contributed by atoms with Gasteiger partial charge in [0.05, 0.1) is 18.2 Å². The van der Waals surface area contributed by atoms with Crippen molar-refractivity contribution < 1.29 is 8.42 Å². The van der Waals surface area contributed by atoms with Gasteiger partial charge in [-0.3, -0.25) is 0 Å². The molecule has 1 saturated heterocycles. The van der Waals surface area contributed by atoms with Gasteiger partial charge in [-0.15, -0.1) is 6.42 Å². The number of hydrogen-bond acceptors (Lipinski definition) is 2. The minimum Gasteiger partial charge on any atom is -0.212 e. The SMILES string of the molecule is C#C[C@@H]1[C@H](Cc2ccccc2)N(S(C)(=O)=O)[C@H]1c1ccccc1. The van der Waals surface area contributed by atoms with Crippen molar-refractivity contribution in [3.8, 4) is 12.3 Å². The van der Waals surface area contributed by atoms with Gasteiger partial charge in [0, 0.05) is 6.04 Å². The minimum atomic E-state index is -3.34. The molecule has 23 heavy (non-hydrogen) atoms. The summed E-state index contributed by atoms with van der Waals surface area (Å²) in [6.45, 7) is 0. The van der Waals surface area contributed by atoms with E-state index in [1.807, 2.05) is 60.7 Å². The third-order valence-electron chi connectivity index (χ3n) is 4.36. The van der Waals surface area contributed by atoms with Gasteiger partial charge in [-0.1, -0.05) is 66.6 Å². The molecule has 118 valence electrons. The van der Waals surface area contributed by atoms with Crippen molar-refractivity contribution in [3.63, 3.8) is 0 Å². The van der Waals surface area contributed by atoms with Crippen LogP contribution in [-0.4, -0.2) is 25.0 Å². The highest BCUT2D eigenvalue weighted by molar-refractivity contribution is 7.88. The molecule has 4 heteroatoms. The number of benzene rings is 2. The zero-order chi connectivity index (χ0) is 16.4. The molecular weight excluding hydrogens is 306 g/mol. The zero-order valence-electron chi connectivity index (χ0n) is 13.0. The van der Waals surface area contributed by atoms with E-state index in [1.165, 1.54) is 6.26 Å². The number of sulfonamides is 1. The van der Waals surface area contributed by atoms with Crippen molar-refractivity contribution in [2.75, 3.05) is 6.26 Å². The van der Waals surface area contributed by atoms with Gasteiger partial charge in [0.2, 0.25) is 10.0 Å². The Labute approximate surface area is 138 Å². The average Bonchev–Trinajstić information content (AvgIpc) is 2.52. The molecule has 3 nitrogen and oxygen atoms in total. The molecule has 1 aliphatic rings. The van der Waals surface area contributed by atoms with E-state index in [4.69, 9.17) is 6.42 Å². The molecule has 2 aromatic rings. The second-order valence-corrected chi connectivity index (χ2v) is 7.79. The predicted octanol–water partition coefficient (Wildman–Crippen LogP) is 2.86. The van der Waals surface area contributed by atoms with Gasteiger partial charge < -0.3 is 0 Å². The van der Waals surface area contributed by atoms with Crippen LogP contribution in [-0.2, 0) is 16.4 Å². The monoisotopic (exact) mass is 325 g/mol. The number of terminal acetylenes is 1. The smallest absolute Gasteiger partial charge is 0.212 e. The molecular formula is C19H19NO2S. The molecule has 0 unspecified atom stereocenters. The standard InChI is InChI=1S/C19H19NO2S/c1-3-17-18(14-15-10-6-4-7-11-15)20(23(2,21)22)19(17)16-12-8-5-9-13-16/h1,4-13,17-19H,14H2,2H3/t17-,18+,19+/m1/s1. The lowest BCUT2D eigenvalue weighted by molar-refractivity contribution is 0.0580. The number of hydrogen-bond donors (Lipinski definition) is 0. The lowest BCUT2D eigenvalue weighted by atomic mass is 9.76. The van der Waals surface area contributed by atoms with Gasteiger partial charge in [0.1, 0.15) is 0 Å². The fraction of sp³-hybridized carbons (Fsp3) is 0.263. The van der Waals surface area contributed by atoms with Crippen LogP contribution in [0.2, 0.25) is 0 Å². The molecule has 1 aliphatic heterocycles. The topological polar surface area (TPSA) is 37.4 Å². The normalized spacial score (nSPS) is 24.6. The van der Waals surface area contributed by atoms with Crippen molar-refractivity contribution in [3.05, 3.63) is 71.8 Å². The molecule has 3 rings (SSSR count). The third-order valence-corrected chi connectivity index (χ3v) is 5.62. The van der Waals surface area contributed by atoms with Crippen molar-refractivity contribution in [2.45, 2.75) is 18.5 Å². The van der Waals surface area contributed by atoms with Crippen molar-refractivity contribution in [1.29, 1.82) is 0 Å². The lowest BCUT2D eigenvalue weighted by Gasteiger charge is -2.51. The van der Waals surface area contributed by atoms with Gasteiger partial charge in [-0.25, -0.2) is 8.42 Å². The second kappa shape index (κ2) is 6.19. The molecule has 0 spiro atoms. The van der Waals surface area contributed by atoms with E-state index in [0.717, 1.165) is 11.1 Å². The van der Waals surface area contributed by atoms with Crippen LogP contribution in [0, 0.1) is 18.3 Å². The Bertz CT molecular complexity index is 809. The van der Waals surface area contributed by atoms with E-state index in [9.17, 15) is 8.42 Å². The first-order valence-electron chi connectivity index (χ1n) is 7.56. The largest absolute Gasteiger partial charge is 0.212 e. The molecule has 3 atom stereocenters. The van der Waals surface area contributed by atoms with E-state index in [1.54, 1.807) is 4.31 Å². The first-order chi connectivity index (χ1) is 11.0. The van der Waals surface area contributed by atoms with E-state index in [-0.39, 0.29) is 18.0 Å². The molecule has 0 saturated carbocycles. The first-order valence-corrected chi connectivity index (χ1v) is 9.40. The summed E-state index contributed by atoms with van der Waals surface area (Å²) in [5.41, 5.74) is 2.04. The Hall–Kier alpha value is -2.09. The zero-order valence-corrected chi connectivity index (χ0v) is 13.8. The summed E-state index contributed by atoms with van der Waals surface area (Å²) in [6, 6.07) is 19.0. The van der Waals surface area contributed by atoms with E-state index < -0.39 is 10.0 Å². The van der Waals surface area contributed by atoms with E-state index in [2.05, 4.69) is 5.92 Å². The summed E-state index contributed by atoms with van der Waals surface area (Å²) in [7, 11) is -3.34. The molecule has 0 N–H and O–H groups in total. The Morgan fingerprint density at radius 3 is 2.13 bits per heavy atom. The predicted molar refractivity (Wildman–Crippen MR) is 92.1 cm³/mol. The highest BCUT2D eigenvalue weighted by Gasteiger charge is 2.52. The maximum absolute atomic E-state index is 12.3. The molecule has 0 radical (unpaired) electrons. The van der Waals surface area contributed by atoms with Crippen LogP contribution >= 0.6 is 0 Å². The van der Waals surface area contributed by atoms with Crippen LogP contribution in [0.1, 0.15) is 17.2 Å². The summed E-state index contributed by atoms with van der Waals surface area (Å²) in [5, 5.41) is 0. The van der Waals surface area contributed by atoms with Gasteiger partial charge in [0.15, 0.2) is 0 Å². The maximum atomic E-state index is 12.3. The van der Waals surface area contributed by atoms with Crippen LogP contribution in [0.25, 0.3) is 0 Å². The summed E-state index contributed by atoms with van der Waals surface area (Å²) in [6.07, 6.45) is 7.63.